The fraction of sp³-hybridized carbons (Fsp3) is 0.143. The highest BCUT2D eigenvalue weighted by molar-refractivity contribution is 9.10. The van der Waals surface area contributed by atoms with E-state index in [4.69, 9.17) is 4.74 Å². The number of benzene rings is 2. The van der Waals surface area contributed by atoms with Crippen LogP contribution in [0.15, 0.2) is 53.0 Å². The molecule has 0 spiro atoms. The summed E-state index contributed by atoms with van der Waals surface area (Å²) in [5.41, 5.74) is 0.568. The lowest BCUT2D eigenvalue weighted by Gasteiger charge is -2.12. The lowest BCUT2D eigenvalue weighted by molar-refractivity contribution is -0.385. The predicted molar refractivity (Wildman–Crippen MR) is 77.7 cm³/mol. The topological polar surface area (TPSA) is 72.6 Å². The third-order valence-electron chi connectivity index (χ3n) is 2.70. The zero-order valence-electron chi connectivity index (χ0n) is 10.4. The predicted octanol–water partition coefficient (Wildman–Crippen LogP) is 3.47. The summed E-state index contributed by atoms with van der Waals surface area (Å²) < 4.78 is 6.05. The molecule has 0 aromatic heterocycles. The van der Waals surface area contributed by atoms with Crippen molar-refractivity contribution in [2.24, 2.45) is 0 Å². The summed E-state index contributed by atoms with van der Waals surface area (Å²) in [5.74, 6) is 0.124. The van der Waals surface area contributed by atoms with Crippen LogP contribution in [-0.2, 0) is 0 Å². The van der Waals surface area contributed by atoms with E-state index >= 15 is 0 Å². The van der Waals surface area contributed by atoms with Crippen LogP contribution < -0.4 is 4.74 Å². The molecule has 0 aliphatic carbocycles. The number of hydrogen-bond donors (Lipinski definition) is 1. The summed E-state index contributed by atoms with van der Waals surface area (Å²) >= 11 is 3.23. The molecule has 5 nitrogen and oxygen atoms in total. The van der Waals surface area contributed by atoms with Gasteiger partial charge in [-0.05, 0) is 11.6 Å². The van der Waals surface area contributed by atoms with Crippen molar-refractivity contribution in [3.63, 3.8) is 0 Å². The van der Waals surface area contributed by atoms with E-state index in [-0.39, 0.29) is 18.0 Å². The van der Waals surface area contributed by atoms with E-state index in [0.717, 1.165) is 0 Å². The Labute approximate surface area is 124 Å². The van der Waals surface area contributed by atoms with Crippen LogP contribution in [0.5, 0.6) is 5.75 Å². The molecule has 0 amide bonds. The Morgan fingerprint density at radius 3 is 2.60 bits per heavy atom. The zero-order chi connectivity index (χ0) is 14.5. The number of hydrogen-bond acceptors (Lipinski definition) is 4. The van der Waals surface area contributed by atoms with Gasteiger partial charge in [0.15, 0.2) is 5.75 Å². The molecular formula is C14H12BrNO4. The van der Waals surface area contributed by atoms with Crippen LogP contribution in [0.25, 0.3) is 0 Å². The highest BCUT2D eigenvalue weighted by Crippen LogP contribution is 2.30. The van der Waals surface area contributed by atoms with Gasteiger partial charge in [-0.1, -0.05) is 46.3 Å². The van der Waals surface area contributed by atoms with E-state index in [2.05, 4.69) is 15.9 Å². The van der Waals surface area contributed by atoms with Gasteiger partial charge in [0.05, 0.1) is 4.92 Å². The summed E-state index contributed by atoms with van der Waals surface area (Å²) in [6, 6.07) is 13.4. The molecule has 2 rings (SSSR count). The van der Waals surface area contributed by atoms with Crippen molar-refractivity contribution >= 4 is 21.6 Å². The average Bonchev–Trinajstić information content (AvgIpc) is 2.45. The SMILES string of the molecule is O=[N+]([O-])c1ccc(Br)cc1OCC(O)c1ccccc1. The number of nitro benzene ring substituents is 1. The van der Waals surface area contributed by atoms with Crippen LogP contribution in [-0.4, -0.2) is 16.6 Å². The minimum Gasteiger partial charge on any atom is -0.484 e. The molecule has 0 radical (unpaired) electrons. The standard InChI is InChI=1S/C14H12BrNO4/c15-11-6-7-12(16(18)19)14(8-11)20-9-13(17)10-4-2-1-3-5-10/h1-8,13,17H,9H2. The summed E-state index contributed by atoms with van der Waals surface area (Å²) in [7, 11) is 0. The van der Waals surface area contributed by atoms with Gasteiger partial charge >= 0.3 is 5.69 Å². The summed E-state index contributed by atoms with van der Waals surface area (Å²) in [4.78, 5) is 10.4. The van der Waals surface area contributed by atoms with Gasteiger partial charge in [0.2, 0.25) is 0 Å². The molecule has 0 bridgehead atoms. The molecule has 1 atom stereocenters. The summed E-state index contributed by atoms with van der Waals surface area (Å²) in [6.07, 6.45) is -0.838. The first-order chi connectivity index (χ1) is 9.58. The van der Waals surface area contributed by atoms with Crippen molar-refractivity contribution in [3.05, 3.63) is 68.7 Å². The Morgan fingerprint density at radius 1 is 1.25 bits per heavy atom. The summed E-state index contributed by atoms with van der Waals surface area (Å²) in [5, 5.41) is 20.9. The third-order valence-corrected chi connectivity index (χ3v) is 3.19. The third kappa shape index (κ3) is 3.55. The highest BCUT2D eigenvalue weighted by Gasteiger charge is 2.17. The van der Waals surface area contributed by atoms with Crippen molar-refractivity contribution in [1.82, 2.24) is 0 Å². The van der Waals surface area contributed by atoms with Gasteiger partial charge in [0.1, 0.15) is 12.7 Å². The molecule has 0 aliphatic rings. The maximum atomic E-state index is 10.9. The largest absolute Gasteiger partial charge is 0.484 e. The number of ether oxygens (including phenoxy) is 1. The molecule has 2 aromatic rings. The number of nitro groups is 1. The Kier molecular flexibility index (Phi) is 4.70. The second kappa shape index (κ2) is 6.49. The van der Waals surface area contributed by atoms with Gasteiger partial charge in [0, 0.05) is 16.6 Å². The first-order valence-corrected chi connectivity index (χ1v) is 6.67. The van der Waals surface area contributed by atoms with Crippen molar-refractivity contribution in [2.75, 3.05) is 6.61 Å². The Morgan fingerprint density at radius 2 is 1.95 bits per heavy atom. The molecule has 0 saturated heterocycles. The summed E-state index contributed by atoms with van der Waals surface area (Å²) in [6.45, 7) is -0.0543. The van der Waals surface area contributed by atoms with Gasteiger partial charge < -0.3 is 9.84 Å². The molecule has 104 valence electrons. The van der Waals surface area contributed by atoms with Crippen molar-refractivity contribution < 1.29 is 14.8 Å². The van der Waals surface area contributed by atoms with Crippen LogP contribution in [0.3, 0.4) is 0 Å². The molecule has 0 fully saturated rings. The molecule has 0 aliphatic heterocycles. The Bertz CT molecular complexity index is 603. The molecule has 1 unspecified atom stereocenters. The average molecular weight is 338 g/mol. The van der Waals surface area contributed by atoms with E-state index in [1.807, 2.05) is 6.07 Å². The van der Waals surface area contributed by atoms with Crippen molar-refractivity contribution in [1.29, 1.82) is 0 Å². The van der Waals surface area contributed by atoms with Gasteiger partial charge in [0.25, 0.3) is 0 Å². The van der Waals surface area contributed by atoms with E-state index in [1.54, 1.807) is 30.3 Å². The first-order valence-electron chi connectivity index (χ1n) is 5.87. The van der Waals surface area contributed by atoms with E-state index in [0.29, 0.717) is 10.0 Å². The number of nitrogens with zero attached hydrogens (tertiary/aromatic N) is 1. The van der Waals surface area contributed by atoms with E-state index < -0.39 is 11.0 Å². The van der Waals surface area contributed by atoms with Crippen LogP contribution >= 0.6 is 15.9 Å². The van der Waals surface area contributed by atoms with Crippen LogP contribution in [0.2, 0.25) is 0 Å². The number of rotatable bonds is 5. The molecule has 20 heavy (non-hydrogen) atoms. The van der Waals surface area contributed by atoms with Crippen molar-refractivity contribution in [3.8, 4) is 5.75 Å². The maximum Gasteiger partial charge on any atom is 0.310 e. The second-order valence-corrected chi connectivity index (χ2v) is 5.02. The fourth-order valence-electron chi connectivity index (χ4n) is 1.69. The molecule has 2 aromatic carbocycles. The lowest BCUT2D eigenvalue weighted by atomic mass is 10.1. The lowest BCUT2D eigenvalue weighted by Crippen LogP contribution is -2.10. The molecule has 0 saturated carbocycles. The van der Waals surface area contributed by atoms with Crippen LogP contribution in [0.1, 0.15) is 11.7 Å². The van der Waals surface area contributed by atoms with E-state index in [9.17, 15) is 15.2 Å². The van der Waals surface area contributed by atoms with Crippen LogP contribution in [0, 0.1) is 10.1 Å². The smallest absolute Gasteiger partial charge is 0.310 e. The quantitative estimate of drug-likeness (QED) is 0.669. The van der Waals surface area contributed by atoms with Gasteiger partial charge in [-0.3, -0.25) is 10.1 Å². The van der Waals surface area contributed by atoms with Gasteiger partial charge in [-0.2, -0.15) is 0 Å². The van der Waals surface area contributed by atoms with Crippen molar-refractivity contribution in [2.45, 2.75) is 6.10 Å². The molecule has 6 heteroatoms. The monoisotopic (exact) mass is 337 g/mol. The second-order valence-electron chi connectivity index (χ2n) is 4.11. The fourth-order valence-corrected chi connectivity index (χ4v) is 2.03. The van der Waals surface area contributed by atoms with Crippen LogP contribution in [0.4, 0.5) is 5.69 Å². The minimum absolute atomic E-state index is 0.0543. The Balaban J connectivity index is 2.11. The normalized spacial score (nSPS) is 11.9. The number of aliphatic hydroxyl groups excluding tert-OH is 1. The number of aliphatic hydroxyl groups is 1. The molecule has 1 N–H and O–H groups in total. The Hall–Kier alpha value is -1.92. The molecular weight excluding hydrogens is 326 g/mol. The van der Waals surface area contributed by atoms with Gasteiger partial charge in [-0.25, -0.2) is 0 Å². The molecule has 0 heterocycles. The van der Waals surface area contributed by atoms with E-state index in [1.165, 1.54) is 12.1 Å². The number of halogens is 1. The minimum atomic E-state index is -0.838. The van der Waals surface area contributed by atoms with Gasteiger partial charge in [-0.15, -0.1) is 0 Å². The zero-order valence-corrected chi connectivity index (χ0v) is 12.0. The highest BCUT2D eigenvalue weighted by atomic mass is 79.9. The first kappa shape index (κ1) is 14.5. The maximum absolute atomic E-state index is 10.9.